The van der Waals surface area contributed by atoms with Crippen LogP contribution in [0.15, 0.2) is 28.4 Å². The third-order valence-electron chi connectivity index (χ3n) is 2.47. The van der Waals surface area contributed by atoms with Crippen LogP contribution in [-0.4, -0.2) is 43.6 Å². The maximum Gasteiger partial charge on any atom is 0.226 e. The van der Waals surface area contributed by atoms with Crippen molar-refractivity contribution in [2.75, 3.05) is 38.3 Å². The van der Waals surface area contributed by atoms with Gasteiger partial charge in [-0.25, -0.2) is 0 Å². The molecule has 0 spiro atoms. The number of ether oxygens (including phenoxy) is 1. The van der Waals surface area contributed by atoms with Crippen LogP contribution in [0.25, 0.3) is 0 Å². The SMILES string of the molecule is COc1cc(N(CCO)CCO)ccc1N=NC#N. The van der Waals surface area contributed by atoms with E-state index in [9.17, 15) is 0 Å². The molecular weight excluding hydrogens is 248 g/mol. The number of methoxy groups -OCH3 is 1. The van der Waals surface area contributed by atoms with Gasteiger partial charge in [0.15, 0.2) is 0 Å². The van der Waals surface area contributed by atoms with E-state index in [0.717, 1.165) is 5.69 Å². The van der Waals surface area contributed by atoms with E-state index in [2.05, 4.69) is 10.2 Å². The van der Waals surface area contributed by atoms with Gasteiger partial charge in [0.05, 0.1) is 20.3 Å². The molecule has 0 heterocycles. The van der Waals surface area contributed by atoms with Crippen molar-refractivity contribution in [3.8, 4) is 11.9 Å². The monoisotopic (exact) mass is 264 g/mol. The highest BCUT2D eigenvalue weighted by molar-refractivity contribution is 5.61. The largest absolute Gasteiger partial charge is 0.494 e. The zero-order valence-corrected chi connectivity index (χ0v) is 10.7. The molecule has 0 unspecified atom stereocenters. The molecule has 2 N–H and O–H groups in total. The van der Waals surface area contributed by atoms with Crippen molar-refractivity contribution in [2.24, 2.45) is 10.2 Å². The van der Waals surface area contributed by atoms with Crippen molar-refractivity contribution >= 4 is 11.4 Å². The van der Waals surface area contributed by atoms with Gasteiger partial charge < -0.3 is 19.8 Å². The first-order valence-electron chi connectivity index (χ1n) is 5.71. The highest BCUT2D eigenvalue weighted by Crippen LogP contribution is 2.32. The molecule has 0 bridgehead atoms. The maximum absolute atomic E-state index is 9.00. The molecule has 0 fully saturated rings. The highest BCUT2D eigenvalue weighted by atomic mass is 16.5. The predicted molar refractivity (Wildman–Crippen MR) is 69.5 cm³/mol. The molecular formula is C12H16N4O3. The Labute approximate surface area is 111 Å². The van der Waals surface area contributed by atoms with E-state index in [1.54, 1.807) is 24.4 Å². The van der Waals surface area contributed by atoms with Crippen LogP contribution in [0.3, 0.4) is 0 Å². The molecule has 1 rings (SSSR count). The van der Waals surface area contributed by atoms with Gasteiger partial charge in [-0.15, -0.1) is 5.11 Å². The van der Waals surface area contributed by atoms with Crippen LogP contribution < -0.4 is 9.64 Å². The smallest absolute Gasteiger partial charge is 0.226 e. The molecule has 7 heteroatoms. The van der Waals surface area contributed by atoms with E-state index in [4.69, 9.17) is 20.2 Å². The average molecular weight is 264 g/mol. The predicted octanol–water partition coefficient (Wildman–Crippen LogP) is 1.05. The fourth-order valence-electron chi connectivity index (χ4n) is 1.63. The van der Waals surface area contributed by atoms with Gasteiger partial charge in [-0.2, -0.15) is 5.26 Å². The zero-order valence-electron chi connectivity index (χ0n) is 10.7. The van der Waals surface area contributed by atoms with Crippen LogP contribution in [0.4, 0.5) is 11.4 Å². The summed E-state index contributed by atoms with van der Waals surface area (Å²) in [7, 11) is 1.49. The second kappa shape index (κ2) is 8.02. The Hall–Kier alpha value is -2.17. The minimum Gasteiger partial charge on any atom is -0.494 e. The van der Waals surface area contributed by atoms with Gasteiger partial charge in [0.2, 0.25) is 6.19 Å². The molecule has 0 aliphatic rings. The molecule has 0 atom stereocenters. The third-order valence-corrected chi connectivity index (χ3v) is 2.47. The molecule has 19 heavy (non-hydrogen) atoms. The second-order valence-corrected chi connectivity index (χ2v) is 3.59. The van der Waals surface area contributed by atoms with Crippen molar-refractivity contribution in [1.82, 2.24) is 0 Å². The summed E-state index contributed by atoms with van der Waals surface area (Å²) in [5.74, 6) is 0.470. The normalized spacial score (nSPS) is 10.4. The topological polar surface area (TPSA) is 101 Å². The summed E-state index contributed by atoms with van der Waals surface area (Å²) in [6.07, 6.45) is 1.57. The van der Waals surface area contributed by atoms with E-state index < -0.39 is 0 Å². The lowest BCUT2D eigenvalue weighted by Crippen LogP contribution is -2.29. The fourth-order valence-corrected chi connectivity index (χ4v) is 1.63. The molecule has 0 amide bonds. The Morgan fingerprint density at radius 1 is 1.32 bits per heavy atom. The second-order valence-electron chi connectivity index (χ2n) is 3.59. The van der Waals surface area contributed by atoms with Gasteiger partial charge >= 0.3 is 0 Å². The molecule has 0 aliphatic heterocycles. The lowest BCUT2D eigenvalue weighted by molar-refractivity contribution is 0.281. The first kappa shape index (κ1) is 14.9. The number of anilines is 1. The average Bonchev–Trinajstić information content (AvgIpc) is 2.44. The van der Waals surface area contributed by atoms with Crippen molar-refractivity contribution in [3.05, 3.63) is 18.2 Å². The van der Waals surface area contributed by atoms with Crippen molar-refractivity contribution in [1.29, 1.82) is 5.26 Å². The summed E-state index contributed by atoms with van der Waals surface area (Å²) in [5.41, 5.74) is 1.23. The highest BCUT2D eigenvalue weighted by Gasteiger charge is 2.09. The number of aliphatic hydroxyl groups is 2. The summed E-state index contributed by atoms with van der Waals surface area (Å²) >= 11 is 0. The molecule has 102 valence electrons. The van der Waals surface area contributed by atoms with Crippen LogP contribution in [0.5, 0.6) is 5.75 Å². The summed E-state index contributed by atoms with van der Waals surface area (Å²) < 4.78 is 5.17. The van der Waals surface area contributed by atoms with Gasteiger partial charge in [-0.05, 0) is 12.1 Å². The number of nitrogens with zero attached hydrogens (tertiary/aromatic N) is 4. The molecule has 0 saturated heterocycles. The summed E-state index contributed by atoms with van der Waals surface area (Å²) in [6.45, 7) is 0.780. The van der Waals surface area contributed by atoms with E-state index in [-0.39, 0.29) is 13.2 Å². The van der Waals surface area contributed by atoms with Crippen LogP contribution in [0.1, 0.15) is 0 Å². The molecule has 1 aromatic rings. The Morgan fingerprint density at radius 3 is 2.53 bits per heavy atom. The summed E-state index contributed by atoms with van der Waals surface area (Å²) in [4.78, 5) is 1.81. The van der Waals surface area contributed by atoms with Crippen LogP contribution in [0.2, 0.25) is 0 Å². The van der Waals surface area contributed by atoms with Gasteiger partial charge in [0.25, 0.3) is 0 Å². The number of rotatable bonds is 7. The summed E-state index contributed by atoms with van der Waals surface area (Å²) in [6, 6.07) is 5.15. The van der Waals surface area contributed by atoms with E-state index in [1.807, 2.05) is 4.90 Å². The third kappa shape index (κ3) is 4.21. The molecule has 1 aromatic carbocycles. The molecule has 0 aromatic heterocycles. The quantitative estimate of drug-likeness (QED) is 0.566. The van der Waals surface area contributed by atoms with E-state index >= 15 is 0 Å². The zero-order chi connectivity index (χ0) is 14.1. The molecule has 7 nitrogen and oxygen atoms in total. The first-order chi connectivity index (χ1) is 9.26. The van der Waals surface area contributed by atoms with Gasteiger partial charge in [0, 0.05) is 24.8 Å². The lowest BCUT2D eigenvalue weighted by atomic mass is 10.2. The standard InChI is InChI=1S/C12H16N4O3/c1-19-12-8-10(16(4-6-17)5-7-18)2-3-11(12)15-14-9-13/h2-3,8,17-18H,4-7H2,1H3. The van der Waals surface area contributed by atoms with Crippen molar-refractivity contribution in [3.63, 3.8) is 0 Å². The minimum atomic E-state index is -0.0157. The van der Waals surface area contributed by atoms with Crippen LogP contribution in [-0.2, 0) is 0 Å². The molecule has 0 aliphatic carbocycles. The van der Waals surface area contributed by atoms with Crippen molar-refractivity contribution < 1.29 is 14.9 Å². The minimum absolute atomic E-state index is 0.0157. The number of hydrogen-bond donors (Lipinski definition) is 2. The van der Waals surface area contributed by atoms with E-state index in [1.165, 1.54) is 7.11 Å². The Kier molecular flexibility index (Phi) is 6.29. The fraction of sp³-hybridized carbons (Fsp3) is 0.417. The Bertz CT molecular complexity index is 465. The Morgan fingerprint density at radius 2 is 2.00 bits per heavy atom. The van der Waals surface area contributed by atoms with Crippen molar-refractivity contribution in [2.45, 2.75) is 0 Å². The molecule has 0 saturated carbocycles. The maximum atomic E-state index is 9.00. The van der Waals surface area contributed by atoms with Gasteiger partial charge in [-0.1, -0.05) is 5.11 Å². The number of hydrogen-bond acceptors (Lipinski definition) is 7. The van der Waals surface area contributed by atoms with Crippen LogP contribution in [0, 0.1) is 11.5 Å². The molecule has 0 radical (unpaired) electrons. The number of nitriles is 1. The number of benzene rings is 1. The number of aliphatic hydroxyl groups excluding tert-OH is 2. The van der Waals surface area contributed by atoms with Crippen LogP contribution >= 0.6 is 0 Å². The first-order valence-corrected chi connectivity index (χ1v) is 5.71. The van der Waals surface area contributed by atoms with Gasteiger partial charge in [-0.3, -0.25) is 0 Å². The number of azo groups is 1. The van der Waals surface area contributed by atoms with E-state index in [0.29, 0.717) is 24.5 Å². The van der Waals surface area contributed by atoms with Gasteiger partial charge in [0.1, 0.15) is 11.4 Å². The lowest BCUT2D eigenvalue weighted by Gasteiger charge is -2.23. The summed E-state index contributed by atoms with van der Waals surface area (Å²) in [5, 5.41) is 33.3. The Balaban J connectivity index is 3.03.